The monoisotopic (exact) mass is 477 g/mol. The highest BCUT2D eigenvalue weighted by Gasteiger charge is 2.23. The van der Waals surface area contributed by atoms with Gasteiger partial charge < -0.3 is 9.15 Å². The van der Waals surface area contributed by atoms with Crippen molar-refractivity contribution < 1.29 is 27.1 Å². The minimum atomic E-state index is -1.29. The van der Waals surface area contributed by atoms with E-state index >= 15 is 0 Å². The molecule has 5 rings (SSSR count). The molecule has 0 aliphatic rings. The summed E-state index contributed by atoms with van der Waals surface area (Å²) in [6.45, 7) is 1.27. The number of carbonyl (C=O) groups is 1. The van der Waals surface area contributed by atoms with Gasteiger partial charge in [0, 0.05) is 31.2 Å². The minimum Gasteiger partial charge on any atom is -0.469 e. The Hall–Kier alpha value is -4.40. The Bertz CT molecular complexity index is 1530. The number of aromatic nitrogens is 3. The molecule has 0 spiro atoms. The second-order valence-electron chi connectivity index (χ2n) is 7.88. The molecule has 176 valence electrons. The van der Waals surface area contributed by atoms with Crippen LogP contribution in [0, 0.1) is 17.5 Å². The molecular weight excluding hydrogens is 459 g/mol. The molecule has 3 heterocycles. The maximum Gasteiger partial charge on any atom is 0.309 e. The summed E-state index contributed by atoms with van der Waals surface area (Å²) in [6, 6.07) is 14.0. The van der Waals surface area contributed by atoms with Crippen LogP contribution in [0.1, 0.15) is 29.6 Å². The molecule has 5 aromatic rings. The maximum absolute atomic E-state index is 14.5. The molecule has 9 heteroatoms. The van der Waals surface area contributed by atoms with Crippen molar-refractivity contribution in [3.05, 3.63) is 107 Å². The molecule has 0 saturated carbocycles. The molecule has 0 unspecified atom stereocenters. The van der Waals surface area contributed by atoms with Gasteiger partial charge in [-0.1, -0.05) is 30.3 Å². The van der Waals surface area contributed by atoms with Gasteiger partial charge in [-0.15, -0.1) is 0 Å². The number of hydrogen-bond acceptors (Lipinski definition) is 5. The fourth-order valence-electron chi connectivity index (χ4n) is 3.86. The maximum atomic E-state index is 14.5. The third kappa shape index (κ3) is 4.52. The van der Waals surface area contributed by atoms with Gasteiger partial charge in [0.05, 0.1) is 24.1 Å². The van der Waals surface area contributed by atoms with E-state index in [0.717, 1.165) is 11.6 Å². The van der Waals surface area contributed by atoms with Crippen molar-refractivity contribution in [1.29, 1.82) is 0 Å². The first-order chi connectivity index (χ1) is 16.9. The normalized spacial score (nSPS) is 11.2. The Kier molecular flexibility index (Phi) is 5.82. The SMILES string of the molecule is CC(=O)Oc1c(Cc2ccco2)nc2c(Cc3cc(F)cc(F)c3F)nc(-c3ccccc3)cn12. The molecule has 2 aromatic carbocycles. The predicted molar refractivity (Wildman–Crippen MR) is 120 cm³/mol. The molecule has 0 atom stereocenters. The number of rotatable bonds is 6. The van der Waals surface area contributed by atoms with Gasteiger partial charge in [-0.3, -0.25) is 9.20 Å². The number of ether oxygens (including phenoxy) is 1. The summed E-state index contributed by atoms with van der Waals surface area (Å²) in [5.41, 5.74) is 1.87. The van der Waals surface area contributed by atoms with Crippen molar-refractivity contribution in [3.63, 3.8) is 0 Å². The van der Waals surface area contributed by atoms with E-state index < -0.39 is 23.4 Å². The van der Waals surface area contributed by atoms with E-state index in [1.807, 2.05) is 30.3 Å². The van der Waals surface area contributed by atoms with Crippen LogP contribution in [0.25, 0.3) is 16.9 Å². The number of carbonyl (C=O) groups excluding carboxylic acids is 1. The summed E-state index contributed by atoms with van der Waals surface area (Å²) in [5.74, 6) is -3.20. The van der Waals surface area contributed by atoms with Crippen LogP contribution < -0.4 is 4.74 Å². The number of benzene rings is 2. The first kappa shape index (κ1) is 22.4. The zero-order valence-corrected chi connectivity index (χ0v) is 18.5. The zero-order valence-electron chi connectivity index (χ0n) is 18.5. The lowest BCUT2D eigenvalue weighted by Crippen LogP contribution is -2.08. The Morgan fingerprint density at radius 3 is 2.51 bits per heavy atom. The van der Waals surface area contributed by atoms with Crippen LogP contribution in [-0.2, 0) is 17.6 Å². The van der Waals surface area contributed by atoms with Gasteiger partial charge in [-0.2, -0.15) is 0 Å². The van der Waals surface area contributed by atoms with Crippen LogP contribution in [0.3, 0.4) is 0 Å². The Morgan fingerprint density at radius 2 is 1.80 bits per heavy atom. The predicted octanol–water partition coefficient (Wildman–Crippen LogP) is 5.51. The molecule has 0 amide bonds. The highest BCUT2D eigenvalue weighted by atomic mass is 19.2. The number of furan rings is 1. The molecule has 35 heavy (non-hydrogen) atoms. The average Bonchev–Trinajstić information content (AvgIpc) is 3.46. The van der Waals surface area contributed by atoms with Crippen LogP contribution in [0.4, 0.5) is 13.2 Å². The van der Waals surface area contributed by atoms with Crippen molar-refractivity contribution in [1.82, 2.24) is 14.4 Å². The van der Waals surface area contributed by atoms with Crippen LogP contribution in [-0.4, -0.2) is 20.3 Å². The molecule has 3 aromatic heterocycles. The fourth-order valence-corrected chi connectivity index (χ4v) is 3.86. The van der Waals surface area contributed by atoms with E-state index in [1.165, 1.54) is 17.6 Å². The second kappa shape index (κ2) is 9.09. The van der Waals surface area contributed by atoms with Crippen LogP contribution in [0.5, 0.6) is 5.88 Å². The zero-order chi connectivity index (χ0) is 24.5. The Balaban J connectivity index is 1.74. The van der Waals surface area contributed by atoms with Crippen molar-refractivity contribution in [2.45, 2.75) is 19.8 Å². The van der Waals surface area contributed by atoms with Gasteiger partial charge >= 0.3 is 5.97 Å². The molecule has 0 fully saturated rings. The fraction of sp³-hybridized carbons (Fsp3) is 0.115. The Labute approximate surface area is 197 Å². The van der Waals surface area contributed by atoms with Crippen molar-refractivity contribution in [3.8, 4) is 17.1 Å². The number of hydrogen-bond donors (Lipinski definition) is 0. The summed E-state index contributed by atoms with van der Waals surface area (Å²) in [5, 5.41) is 0. The van der Waals surface area contributed by atoms with E-state index in [2.05, 4.69) is 9.97 Å². The molecule has 0 saturated heterocycles. The van der Waals surface area contributed by atoms with Gasteiger partial charge in [0.15, 0.2) is 17.3 Å². The van der Waals surface area contributed by atoms with Crippen molar-refractivity contribution >= 4 is 11.6 Å². The largest absolute Gasteiger partial charge is 0.469 e. The number of fused-ring (bicyclic) bond motifs is 1. The lowest BCUT2D eigenvalue weighted by molar-refractivity contribution is -0.132. The van der Waals surface area contributed by atoms with Crippen molar-refractivity contribution in [2.75, 3.05) is 0 Å². The summed E-state index contributed by atoms with van der Waals surface area (Å²) in [4.78, 5) is 21.2. The molecule has 0 radical (unpaired) electrons. The summed E-state index contributed by atoms with van der Waals surface area (Å²) < 4.78 is 54.8. The van der Waals surface area contributed by atoms with Gasteiger partial charge in [-0.05, 0) is 23.8 Å². The van der Waals surface area contributed by atoms with Gasteiger partial charge in [0.1, 0.15) is 17.3 Å². The molecular formula is C26H18F3N3O3. The standard InChI is InChI=1S/C26H18F3N3O3/c1-15(33)35-26-22(13-19-8-5-9-34-19)31-25-21(11-17-10-18(27)12-20(28)24(17)29)30-23(14-32(25)26)16-6-3-2-4-7-16/h2-10,12,14H,11,13H2,1H3. The smallest absolute Gasteiger partial charge is 0.309 e. The van der Waals surface area contributed by atoms with E-state index in [-0.39, 0.29) is 35.6 Å². The molecule has 0 aliphatic carbocycles. The van der Waals surface area contributed by atoms with Gasteiger partial charge in [0.25, 0.3) is 0 Å². The quantitative estimate of drug-likeness (QED) is 0.238. The summed E-state index contributed by atoms with van der Waals surface area (Å²) in [6.07, 6.45) is 3.12. The third-order valence-corrected chi connectivity index (χ3v) is 5.36. The highest BCUT2D eigenvalue weighted by molar-refractivity contribution is 5.70. The summed E-state index contributed by atoms with van der Waals surface area (Å²) in [7, 11) is 0. The first-order valence-corrected chi connectivity index (χ1v) is 10.7. The number of imidazole rings is 1. The summed E-state index contributed by atoms with van der Waals surface area (Å²) >= 11 is 0. The third-order valence-electron chi connectivity index (χ3n) is 5.36. The van der Waals surface area contributed by atoms with E-state index in [4.69, 9.17) is 9.15 Å². The molecule has 6 nitrogen and oxygen atoms in total. The van der Waals surface area contributed by atoms with E-state index in [0.29, 0.717) is 23.2 Å². The number of esters is 1. The highest BCUT2D eigenvalue weighted by Crippen LogP contribution is 2.30. The first-order valence-electron chi connectivity index (χ1n) is 10.7. The van der Waals surface area contributed by atoms with E-state index in [9.17, 15) is 18.0 Å². The second-order valence-corrected chi connectivity index (χ2v) is 7.88. The minimum absolute atomic E-state index is 0.149. The van der Waals surface area contributed by atoms with E-state index in [1.54, 1.807) is 18.3 Å². The molecule has 0 aliphatic heterocycles. The van der Waals surface area contributed by atoms with Crippen molar-refractivity contribution in [2.24, 2.45) is 0 Å². The molecule has 0 N–H and O–H groups in total. The van der Waals surface area contributed by atoms with Gasteiger partial charge in [-0.25, -0.2) is 23.1 Å². The lowest BCUT2D eigenvalue weighted by atomic mass is 10.1. The number of halogens is 3. The average molecular weight is 477 g/mol. The van der Waals surface area contributed by atoms with Crippen LogP contribution in [0.2, 0.25) is 0 Å². The lowest BCUT2D eigenvalue weighted by Gasteiger charge is -2.10. The Morgan fingerprint density at radius 1 is 1.00 bits per heavy atom. The molecule has 0 bridgehead atoms. The van der Waals surface area contributed by atoms with Gasteiger partial charge in [0.2, 0.25) is 5.88 Å². The topological polar surface area (TPSA) is 69.6 Å². The van der Waals surface area contributed by atoms with Crippen LogP contribution >= 0.6 is 0 Å². The van der Waals surface area contributed by atoms with Crippen LogP contribution in [0.15, 0.2) is 71.5 Å². The number of nitrogens with zero attached hydrogens (tertiary/aromatic N) is 3.